The molecule has 1 aromatic heterocycles. The largest absolute Gasteiger partial charge is 0.368 e. The van der Waals surface area contributed by atoms with Crippen molar-refractivity contribution in [2.75, 3.05) is 36.0 Å². The van der Waals surface area contributed by atoms with Crippen LogP contribution in [0.5, 0.6) is 0 Å². The molecule has 0 bridgehead atoms. The molecule has 1 aliphatic heterocycles. The molecule has 1 N–H and O–H groups in total. The Bertz CT molecular complexity index is 1080. The van der Waals surface area contributed by atoms with Gasteiger partial charge < -0.3 is 15.1 Å². The predicted molar refractivity (Wildman–Crippen MR) is 127 cm³/mol. The van der Waals surface area contributed by atoms with E-state index < -0.39 is 0 Å². The highest BCUT2D eigenvalue weighted by Crippen LogP contribution is 2.23. The molecule has 1 atom stereocenters. The van der Waals surface area contributed by atoms with Crippen LogP contribution in [0.3, 0.4) is 0 Å². The molecule has 1 saturated heterocycles. The first-order chi connectivity index (χ1) is 15.6. The third-order valence-electron chi connectivity index (χ3n) is 5.62. The predicted octanol–water partition coefficient (Wildman–Crippen LogP) is 4.44. The van der Waals surface area contributed by atoms with Crippen molar-refractivity contribution in [2.45, 2.75) is 13.0 Å². The van der Waals surface area contributed by atoms with E-state index in [1.54, 1.807) is 18.2 Å². The Morgan fingerprint density at radius 1 is 1.00 bits per heavy atom. The number of nitrogens with one attached hydrogen (secondary N) is 1. The molecular weight excluding hydrogens is 403 g/mol. The normalized spacial score (nSPS) is 15.1. The quantitative estimate of drug-likeness (QED) is 0.588. The summed E-state index contributed by atoms with van der Waals surface area (Å²) in [6.45, 7) is 5.62. The molecule has 164 valence electrons. The first-order valence-corrected chi connectivity index (χ1v) is 10.8. The van der Waals surface area contributed by atoms with Crippen molar-refractivity contribution in [3.63, 3.8) is 0 Å². The first kappa shape index (κ1) is 21.6. The molecule has 32 heavy (non-hydrogen) atoms. The Morgan fingerprint density at radius 3 is 2.53 bits per heavy atom. The fraction of sp³-hybridized carbons (Fsp3) is 0.231. The molecule has 2 aromatic carbocycles. The average molecular weight is 431 g/mol. The molecule has 5 nitrogen and oxygen atoms in total. The number of carbonyl (C=O) groups excluding carboxylic acids is 1. The smallest absolute Gasteiger partial charge is 0.244 e. The average Bonchev–Trinajstić information content (AvgIpc) is 2.83. The lowest BCUT2D eigenvalue weighted by Crippen LogP contribution is -2.46. The minimum absolute atomic E-state index is 0.144. The number of benzene rings is 2. The van der Waals surface area contributed by atoms with E-state index >= 15 is 0 Å². The van der Waals surface area contributed by atoms with Gasteiger partial charge in [0.2, 0.25) is 5.91 Å². The number of hydrogen-bond donors (Lipinski definition) is 1. The second kappa shape index (κ2) is 10.1. The monoisotopic (exact) mass is 430 g/mol. The summed E-state index contributed by atoms with van der Waals surface area (Å²) >= 11 is 0. The van der Waals surface area contributed by atoms with Gasteiger partial charge in [0.15, 0.2) is 0 Å². The van der Waals surface area contributed by atoms with Crippen LogP contribution in [0.2, 0.25) is 0 Å². The van der Waals surface area contributed by atoms with Crippen LogP contribution < -0.4 is 15.1 Å². The number of pyridine rings is 1. The number of carbonyl (C=O) groups is 1. The van der Waals surface area contributed by atoms with Crippen molar-refractivity contribution in [3.8, 4) is 0 Å². The van der Waals surface area contributed by atoms with Gasteiger partial charge in [-0.25, -0.2) is 9.37 Å². The Labute approximate surface area is 188 Å². The summed E-state index contributed by atoms with van der Waals surface area (Å²) in [6.07, 6.45) is 4.88. The molecule has 0 radical (unpaired) electrons. The lowest BCUT2D eigenvalue weighted by molar-refractivity contribution is -0.117. The highest BCUT2D eigenvalue weighted by atomic mass is 19.1. The van der Waals surface area contributed by atoms with E-state index in [2.05, 4.69) is 32.2 Å². The van der Waals surface area contributed by atoms with Gasteiger partial charge >= 0.3 is 0 Å². The highest BCUT2D eigenvalue weighted by Gasteiger charge is 2.19. The van der Waals surface area contributed by atoms with E-state index in [4.69, 9.17) is 0 Å². The maximum absolute atomic E-state index is 13.3. The van der Waals surface area contributed by atoms with E-state index in [9.17, 15) is 9.18 Å². The second-order valence-electron chi connectivity index (χ2n) is 7.88. The van der Waals surface area contributed by atoms with Crippen molar-refractivity contribution < 1.29 is 9.18 Å². The third-order valence-corrected chi connectivity index (χ3v) is 5.62. The zero-order valence-electron chi connectivity index (χ0n) is 18.1. The number of aromatic nitrogens is 1. The van der Waals surface area contributed by atoms with E-state index in [1.165, 1.54) is 18.2 Å². The van der Waals surface area contributed by atoms with E-state index in [0.29, 0.717) is 5.56 Å². The first-order valence-electron chi connectivity index (χ1n) is 10.8. The molecule has 1 unspecified atom stereocenters. The molecule has 1 fully saturated rings. The van der Waals surface area contributed by atoms with Crippen molar-refractivity contribution in [2.24, 2.45) is 0 Å². The van der Waals surface area contributed by atoms with E-state index in [-0.39, 0.29) is 17.8 Å². The summed E-state index contributed by atoms with van der Waals surface area (Å²) in [4.78, 5) is 21.4. The second-order valence-corrected chi connectivity index (χ2v) is 7.88. The van der Waals surface area contributed by atoms with Crippen LogP contribution >= 0.6 is 0 Å². The van der Waals surface area contributed by atoms with Gasteiger partial charge in [-0.05, 0) is 60.5 Å². The molecule has 3 aromatic rings. The summed E-state index contributed by atoms with van der Waals surface area (Å²) in [5, 5.41) is 2.99. The lowest BCUT2D eigenvalue weighted by Gasteiger charge is -2.37. The Balaban J connectivity index is 1.34. The summed E-state index contributed by atoms with van der Waals surface area (Å²) in [7, 11) is 0. The molecule has 4 rings (SSSR count). The van der Waals surface area contributed by atoms with Gasteiger partial charge in [0, 0.05) is 44.1 Å². The van der Waals surface area contributed by atoms with Gasteiger partial charge in [0.1, 0.15) is 11.6 Å². The van der Waals surface area contributed by atoms with Gasteiger partial charge in [-0.1, -0.05) is 30.3 Å². The Morgan fingerprint density at radius 2 is 1.78 bits per heavy atom. The summed E-state index contributed by atoms with van der Waals surface area (Å²) in [5.74, 6) is 0.485. The zero-order valence-corrected chi connectivity index (χ0v) is 18.1. The maximum atomic E-state index is 13.3. The fourth-order valence-electron chi connectivity index (χ4n) is 3.85. The maximum Gasteiger partial charge on any atom is 0.244 e. The SMILES string of the molecule is CC(NC(=O)/C=C/c1cccc(F)c1)c1cccc(N2CCN(c3ccccn3)CC2)c1. The van der Waals surface area contributed by atoms with Crippen LogP contribution in [0, 0.1) is 5.82 Å². The summed E-state index contributed by atoms with van der Waals surface area (Å²) in [5.41, 5.74) is 2.85. The molecule has 0 saturated carbocycles. The molecule has 1 aliphatic rings. The van der Waals surface area contributed by atoms with Gasteiger partial charge in [-0.2, -0.15) is 0 Å². The molecule has 6 heteroatoms. The summed E-state index contributed by atoms with van der Waals surface area (Å²) in [6, 6.07) is 20.3. The third kappa shape index (κ3) is 5.52. The Kier molecular flexibility index (Phi) is 6.80. The van der Waals surface area contributed by atoms with Crippen LogP contribution in [0.4, 0.5) is 15.9 Å². The zero-order chi connectivity index (χ0) is 22.3. The number of nitrogens with zero attached hydrogens (tertiary/aromatic N) is 3. The fourth-order valence-corrected chi connectivity index (χ4v) is 3.85. The lowest BCUT2D eigenvalue weighted by atomic mass is 10.1. The van der Waals surface area contributed by atoms with E-state index in [0.717, 1.165) is 43.2 Å². The van der Waals surface area contributed by atoms with Crippen LogP contribution in [-0.4, -0.2) is 37.1 Å². The molecule has 0 aliphatic carbocycles. The van der Waals surface area contributed by atoms with Gasteiger partial charge in [0.25, 0.3) is 0 Å². The van der Waals surface area contributed by atoms with Crippen LogP contribution in [0.25, 0.3) is 6.08 Å². The number of amides is 1. The number of hydrogen-bond acceptors (Lipinski definition) is 4. The highest BCUT2D eigenvalue weighted by molar-refractivity contribution is 5.92. The van der Waals surface area contributed by atoms with Crippen LogP contribution in [-0.2, 0) is 4.79 Å². The van der Waals surface area contributed by atoms with Crippen LogP contribution in [0.15, 0.2) is 79.0 Å². The summed E-state index contributed by atoms with van der Waals surface area (Å²) < 4.78 is 13.3. The Hall–Kier alpha value is -3.67. The number of piperazine rings is 1. The minimum atomic E-state index is -0.321. The van der Waals surface area contributed by atoms with E-state index in [1.807, 2.05) is 43.5 Å². The van der Waals surface area contributed by atoms with Crippen molar-refractivity contribution in [1.82, 2.24) is 10.3 Å². The van der Waals surface area contributed by atoms with Gasteiger partial charge in [-0.3, -0.25) is 4.79 Å². The van der Waals surface area contributed by atoms with Gasteiger partial charge in [0.05, 0.1) is 6.04 Å². The van der Waals surface area contributed by atoms with Crippen molar-refractivity contribution >= 4 is 23.5 Å². The topological polar surface area (TPSA) is 48.5 Å². The molecular formula is C26H27FN4O. The standard InChI is InChI=1S/C26H27FN4O/c1-20(29-26(32)12-11-21-6-4-8-23(27)18-21)22-7-5-9-24(19-22)30-14-16-31(17-15-30)25-10-2-3-13-28-25/h2-13,18-20H,14-17H2,1H3,(H,29,32)/b12-11+. The molecule has 1 amide bonds. The number of anilines is 2. The molecule has 0 spiro atoms. The van der Waals surface area contributed by atoms with Crippen LogP contribution in [0.1, 0.15) is 24.1 Å². The van der Waals surface area contributed by atoms with Gasteiger partial charge in [-0.15, -0.1) is 0 Å². The number of halogens is 1. The van der Waals surface area contributed by atoms with Crippen molar-refractivity contribution in [1.29, 1.82) is 0 Å². The molecule has 2 heterocycles. The number of rotatable bonds is 6. The minimum Gasteiger partial charge on any atom is -0.368 e. The van der Waals surface area contributed by atoms with Crippen molar-refractivity contribution in [3.05, 3.63) is 95.9 Å².